The van der Waals surface area contributed by atoms with Gasteiger partial charge in [0.25, 0.3) is 0 Å². The molecule has 134 valence electrons. The average molecular weight is 430 g/mol. The van der Waals surface area contributed by atoms with Gasteiger partial charge >= 0.3 is 166 Å². The normalized spacial score (nSPS) is 23.1. The van der Waals surface area contributed by atoms with Gasteiger partial charge in [-0.05, 0) is 0 Å². The van der Waals surface area contributed by atoms with Crippen LogP contribution in [-0.2, 0) is 4.20 Å². The van der Waals surface area contributed by atoms with Crippen LogP contribution >= 0.6 is 11.6 Å². The molecule has 4 rings (SSSR count). The Balaban J connectivity index is 1.50. The van der Waals surface area contributed by atoms with Gasteiger partial charge in [0.1, 0.15) is 0 Å². The number of aromatic nitrogens is 1. The molecule has 0 spiro atoms. The summed E-state index contributed by atoms with van der Waals surface area (Å²) in [6.07, 6.45) is 6.07. The Hall–Kier alpha value is -1.70. The Kier molecular flexibility index (Phi) is 4.86. The zero-order valence-corrected chi connectivity index (χ0v) is 17.6. The second-order valence-corrected chi connectivity index (χ2v) is 9.74. The third kappa shape index (κ3) is 3.43. The SMILES string of the molecule is O=c1[nH]ccc2cc(O[C@H]3CC[C@]([AsH2])(c4ccccc4)CC3)c(Cl)cc12. The van der Waals surface area contributed by atoms with Crippen LogP contribution in [0.5, 0.6) is 5.75 Å². The van der Waals surface area contributed by atoms with E-state index in [1.807, 2.05) is 12.1 Å². The number of hydrogen-bond acceptors (Lipinski definition) is 2. The van der Waals surface area contributed by atoms with Crippen molar-refractivity contribution < 1.29 is 4.74 Å². The molecule has 0 saturated heterocycles. The van der Waals surface area contributed by atoms with Crippen molar-refractivity contribution in [2.75, 3.05) is 0 Å². The van der Waals surface area contributed by atoms with Crippen molar-refractivity contribution in [2.45, 2.75) is 36.0 Å². The predicted octanol–water partition coefficient (Wildman–Crippen LogP) is 4.03. The van der Waals surface area contributed by atoms with Gasteiger partial charge in [-0.25, -0.2) is 0 Å². The monoisotopic (exact) mass is 429 g/mol. The van der Waals surface area contributed by atoms with Gasteiger partial charge in [0.15, 0.2) is 0 Å². The van der Waals surface area contributed by atoms with Crippen LogP contribution in [0.3, 0.4) is 0 Å². The molecule has 1 aliphatic carbocycles. The van der Waals surface area contributed by atoms with Crippen molar-refractivity contribution in [2.24, 2.45) is 0 Å². The van der Waals surface area contributed by atoms with E-state index in [4.69, 9.17) is 16.3 Å². The first kappa shape index (κ1) is 17.7. The summed E-state index contributed by atoms with van der Waals surface area (Å²) < 4.78 is 6.50. The van der Waals surface area contributed by atoms with Crippen molar-refractivity contribution in [3.8, 4) is 5.75 Å². The number of hydrogen-bond donors (Lipinski definition) is 1. The van der Waals surface area contributed by atoms with Crippen LogP contribution in [0.4, 0.5) is 0 Å². The van der Waals surface area contributed by atoms with Crippen molar-refractivity contribution in [1.29, 1.82) is 0 Å². The summed E-state index contributed by atoms with van der Waals surface area (Å²) in [5.41, 5.74) is 1.30. The summed E-state index contributed by atoms with van der Waals surface area (Å²) in [6.45, 7) is 0. The Morgan fingerprint density at radius 2 is 1.85 bits per heavy atom. The molecule has 0 aliphatic heterocycles. The fourth-order valence-electron chi connectivity index (χ4n) is 3.74. The molecule has 2 aromatic carbocycles. The van der Waals surface area contributed by atoms with Gasteiger partial charge in [-0.3, -0.25) is 0 Å². The zero-order valence-electron chi connectivity index (χ0n) is 14.4. The van der Waals surface area contributed by atoms with Crippen molar-refractivity contribution in [3.05, 3.63) is 75.7 Å². The van der Waals surface area contributed by atoms with Crippen molar-refractivity contribution >= 4 is 39.2 Å². The van der Waals surface area contributed by atoms with Gasteiger partial charge < -0.3 is 0 Å². The predicted molar refractivity (Wildman–Crippen MR) is 109 cm³/mol. The third-order valence-electron chi connectivity index (χ3n) is 5.29. The number of ether oxygens (including phenoxy) is 1. The van der Waals surface area contributed by atoms with Gasteiger partial charge in [0.05, 0.1) is 0 Å². The van der Waals surface area contributed by atoms with E-state index in [1.54, 1.807) is 29.1 Å². The van der Waals surface area contributed by atoms with Crippen LogP contribution in [0.15, 0.2) is 59.5 Å². The molecule has 3 aromatic rings. The summed E-state index contributed by atoms with van der Waals surface area (Å²) in [7, 11) is 0. The standard InChI is InChI=1S/C21H21AsClNO2/c22-21(15-4-2-1-3-5-15)9-6-16(7-10-21)26-19-12-14-8-11-24-20(25)17(14)13-18(19)23/h1-5,8,11-13,16H,6-7,9-10,22H2,(H,24,25)/t16-,21+. The van der Waals surface area contributed by atoms with Gasteiger partial charge in [-0.15, -0.1) is 0 Å². The van der Waals surface area contributed by atoms with Crippen LogP contribution in [-0.4, -0.2) is 27.9 Å². The van der Waals surface area contributed by atoms with E-state index in [1.165, 1.54) is 5.56 Å². The number of aromatic amines is 1. The van der Waals surface area contributed by atoms with Crippen LogP contribution in [0.2, 0.25) is 5.02 Å². The Morgan fingerprint density at radius 1 is 1.12 bits per heavy atom. The van der Waals surface area contributed by atoms with Crippen LogP contribution < -0.4 is 10.3 Å². The summed E-state index contributed by atoms with van der Waals surface area (Å²) in [4.78, 5) is 14.6. The molecule has 1 N–H and O–H groups in total. The van der Waals surface area contributed by atoms with E-state index in [-0.39, 0.29) is 15.9 Å². The first-order valence-electron chi connectivity index (χ1n) is 8.87. The van der Waals surface area contributed by atoms with Crippen LogP contribution in [0.25, 0.3) is 10.8 Å². The minimum absolute atomic E-state index is 0.130. The second-order valence-electron chi connectivity index (χ2n) is 7.02. The first-order chi connectivity index (χ1) is 12.5. The van der Waals surface area contributed by atoms with Crippen LogP contribution in [0, 0.1) is 0 Å². The van der Waals surface area contributed by atoms with E-state index in [0.29, 0.717) is 16.2 Å². The fraction of sp³-hybridized carbons (Fsp3) is 0.286. The molecule has 1 fully saturated rings. The second kappa shape index (κ2) is 7.13. The quantitative estimate of drug-likeness (QED) is 0.639. The maximum absolute atomic E-state index is 11.9. The molecule has 0 radical (unpaired) electrons. The molecule has 1 aliphatic rings. The van der Waals surface area contributed by atoms with E-state index in [2.05, 4.69) is 35.3 Å². The molecule has 0 bridgehead atoms. The molecule has 0 amide bonds. The number of fused-ring (bicyclic) bond motifs is 1. The molecular weight excluding hydrogens is 409 g/mol. The summed E-state index contributed by atoms with van der Waals surface area (Å²) >= 11 is 8.18. The molecule has 1 unspecified atom stereocenters. The zero-order chi connectivity index (χ0) is 18.1. The van der Waals surface area contributed by atoms with Gasteiger partial charge in [0, 0.05) is 0 Å². The van der Waals surface area contributed by atoms with E-state index in [0.717, 1.165) is 31.1 Å². The minimum atomic E-state index is -0.130. The number of H-pyrrole nitrogens is 1. The molecule has 1 heterocycles. The average Bonchev–Trinajstić information content (AvgIpc) is 2.66. The van der Waals surface area contributed by atoms with Crippen molar-refractivity contribution in [3.63, 3.8) is 0 Å². The topological polar surface area (TPSA) is 42.1 Å². The number of halogens is 1. The maximum atomic E-state index is 11.9. The van der Waals surface area contributed by atoms with E-state index in [9.17, 15) is 4.79 Å². The fourth-order valence-corrected chi connectivity index (χ4v) is 5.05. The number of nitrogens with one attached hydrogen (secondary N) is 1. The van der Waals surface area contributed by atoms with Gasteiger partial charge in [0.2, 0.25) is 0 Å². The molecule has 26 heavy (non-hydrogen) atoms. The Labute approximate surface area is 166 Å². The molecule has 1 saturated carbocycles. The number of pyridine rings is 1. The molecule has 1 atom stereocenters. The number of benzene rings is 2. The van der Waals surface area contributed by atoms with E-state index < -0.39 is 0 Å². The van der Waals surface area contributed by atoms with E-state index >= 15 is 0 Å². The Bertz CT molecular complexity index is 978. The number of rotatable bonds is 3. The van der Waals surface area contributed by atoms with Crippen LogP contribution in [0.1, 0.15) is 31.2 Å². The Morgan fingerprint density at radius 3 is 2.58 bits per heavy atom. The first-order valence-corrected chi connectivity index (χ1v) is 10.5. The molecule has 3 nitrogen and oxygen atoms in total. The van der Waals surface area contributed by atoms with Crippen molar-refractivity contribution in [1.82, 2.24) is 4.98 Å². The third-order valence-corrected chi connectivity index (χ3v) is 7.50. The molecular formula is C21H21AsClNO2. The van der Waals surface area contributed by atoms with Gasteiger partial charge in [-0.2, -0.15) is 0 Å². The molecule has 1 aromatic heterocycles. The summed E-state index contributed by atoms with van der Waals surface area (Å²) in [5.74, 6) is 0.670. The summed E-state index contributed by atoms with van der Waals surface area (Å²) in [6, 6.07) is 16.2. The summed E-state index contributed by atoms with van der Waals surface area (Å²) in [5, 5.41) is 1.93. The molecule has 5 heteroatoms. The van der Waals surface area contributed by atoms with Gasteiger partial charge in [-0.1, -0.05) is 0 Å².